The maximum atomic E-state index is 13.3. The molecule has 4 rings (SSSR count). The molecule has 4 atom stereocenters. The number of hydrogen-bond acceptors (Lipinski definition) is 4. The van der Waals surface area contributed by atoms with E-state index in [-0.39, 0.29) is 29.9 Å². The SMILES string of the molecule is CCC(CC)N1C[C@]23C=C[C@H](O2)[C@H](C(=O)N2CCNC(=O)CC2)[C@@H]3C1=O. The second-order valence-corrected chi connectivity index (χ2v) is 7.76. The molecule has 1 spiro atoms. The molecule has 142 valence electrons. The first kappa shape index (κ1) is 17.5. The highest BCUT2D eigenvalue weighted by Crippen LogP contribution is 2.53. The molecule has 0 saturated carbocycles. The van der Waals surface area contributed by atoms with E-state index >= 15 is 0 Å². The topological polar surface area (TPSA) is 79.0 Å². The number of nitrogens with zero attached hydrogens (tertiary/aromatic N) is 2. The molecule has 0 unspecified atom stereocenters. The maximum Gasteiger partial charge on any atom is 0.230 e. The predicted molar refractivity (Wildman–Crippen MR) is 94.0 cm³/mol. The Balaban J connectivity index is 1.58. The second kappa shape index (κ2) is 6.37. The van der Waals surface area contributed by atoms with Crippen LogP contribution in [0.5, 0.6) is 0 Å². The predicted octanol–water partition coefficient (Wildman–Crippen LogP) is 0.306. The van der Waals surface area contributed by atoms with E-state index in [0.717, 1.165) is 12.8 Å². The van der Waals surface area contributed by atoms with Crippen LogP contribution in [-0.4, -0.2) is 71.4 Å². The molecule has 0 radical (unpaired) electrons. The molecule has 0 aliphatic carbocycles. The van der Waals surface area contributed by atoms with Gasteiger partial charge in [0.15, 0.2) is 0 Å². The summed E-state index contributed by atoms with van der Waals surface area (Å²) >= 11 is 0. The molecular formula is C19H27N3O4. The Labute approximate surface area is 153 Å². The lowest BCUT2D eigenvalue weighted by molar-refractivity contribution is -0.144. The first-order valence-corrected chi connectivity index (χ1v) is 9.74. The highest BCUT2D eigenvalue weighted by atomic mass is 16.5. The quantitative estimate of drug-likeness (QED) is 0.731. The zero-order valence-corrected chi connectivity index (χ0v) is 15.4. The Morgan fingerprint density at radius 2 is 2.12 bits per heavy atom. The highest BCUT2D eigenvalue weighted by molar-refractivity contribution is 5.93. The van der Waals surface area contributed by atoms with E-state index in [9.17, 15) is 14.4 Å². The number of rotatable bonds is 4. The van der Waals surface area contributed by atoms with Crippen LogP contribution in [0.1, 0.15) is 33.1 Å². The number of ether oxygens (including phenoxy) is 1. The third kappa shape index (κ3) is 2.47. The Morgan fingerprint density at radius 3 is 2.85 bits per heavy atom. The van der Waals surface area contributed by atoms with E-state index in [4.69, 9.17) is 4.74 Å². The van der Waals surface area contributed by atoms with E-state index in [1.54, 1.807) is 4.90 Å². The van der Waals surface area contributed by atoms with Crippen LogP contribution >= 0.6 is 0 Å². The van der Waals surface area contributed by atoms with Crippen LogP contribution in [0.25, 0.3) is 0 Å². The van der Waals surface area contributed by atoms with Gasteiger partial charge in [-0.1, -0.05) is 26.0 Å². The molecule has 26 heavy (non-hydrogen) atoms. The second-order valence-electron chi connectivity index (χ2n) is 7.76. The maximum absolute atomic E-state index is 13.3. The van der Waals surface area contributed by atoms with E-state index in [2.05, 4.69) is 19.2 Å². The minimum atomic E-state index is -0.648. The number of likely N-dealkylation sites (tertiary alicyclic amines) is 1. The van der Waals surface area contributed by atoms with Crippen molar-refractivity contribution in [2.24, 2.45) is 11.8 Å². The van der Waals surface area contributed by atoms with Crippen LogP contribution in [0.4, 0.5) is 0 Å². The number of hydrogen-bond donors (Lipinski definition) is 1. The van der Waals surface area contributed by atoms with Crippen LogP contribution in [0.15, 0.2) is 12.2 Å². The molecule has 3 fully saturated rings. The normalized spacial score (nSPS) is 35.9. The fraction of sp³-hybridized carbons (Fsp3) is 0.737. The molecule has 4 aliphatic rings. The largest absolute Gasteiger partial charge is 0.360 e. The van der Waals surface area contributed by atoms with Crippen molar-refractivity contribution in [2.45, 2.75) is 50.9 Å². The molecule has 0 aromatic heterocycles. The van der Waals surface area contributed by atoms with Crippen molar-refractivity contribution in [2.75, 3.05) is 26.2 Å². The van der Waals surface area contributed by atoms with Gasteiger partial charge < -0.3 is 19.9 Å². The lowest BCUT2D eigenvalue weighted by atomic mass is 9.76. The summed E-state index contributed by atoms with van der Waals surface area (Å²) in [5.41, 5.74) is -0.648. The van der Waals surface area contributed by atoms with Gasteiger partial charge in [-0.3, -0.25) is 14.4 Å². The van der Waals surface area contributed by atoms with Crippen molar-refractivity contribution in [3.05, 3.63) is 12.2 Å². The number of carbonyl (C=O) groups is 3. The zero-order valence-electron chi connectivity index (χ0n) is 15.4. The molecule has 7 nitrogen and oxygen atoms in total. The molecule has 2 bridgehead atoms. The van der Waals surface area contributed by atoms with Crippen molar-refractivity contribution in [3.8, 4) is 0 Å². The standard InChI is InChI=1S/C19H27N3O4/c1-3-12(4-2)22-11-19-7-5-13(26-19)15(16(19)18(22)25)17(24)21-9-6-14(23)20-8-10-21/h5,7,12-13,15-16H,3-4,6,8-11H2,1-2H3,(H,20,23)/t13-,15-,16+,19-/m0/s1. The van der Waals surface area contributed by atoms with Gasteiger partial charge >= 0.3 is 0 Å². The van der Waals surface area contributed by atoms with Crippen LogP contribution in [-0.2, 0) is 19.1 Å². The van der Waals surface area contributed by atoms with Crippen molar-refractivity contribution in [3.63, 3.8) is 0 Å². The number of fused-ring (bicyclic) bond motifs is 1. The summed E-state index contributed by atoms with van der Waals surface area (Å²) in [5.74, 6) is -0.939. The minimum absolute atomic E-state index is 0.0299. The molecule has 4 aliphatic heterocycles. The lowest BCUT2D eigenvalue weighted by Gasteiger charge is -2.30. The van der Waals surface area contributed by atoms with E-state index in [0.29, 0.717) is 32.6 Å². The molecule has 0 aromatic carbocycles. The van der Waals surface area contributed by atoms with Crippen LogP contribution in [0.2, 0.25) is 0 Å². The highest BCUT2D eigenvalue weighted by Gasteiger charge is 2.67. The summed E-state index contributed by atoms with van der Waals surface area (Å²) in [6.07, 6.45) is 5.73. The number of carbonyl (C=O) groups excluding carboxylic acids is 3. The van der Waals surface area contributed by atoms with E-state index in [1.807, 2.05) is 17.1 Å². The summed E-state index contributed by atoms with van der Waals surface area (Å²) in [6, 6.07) is 0.189. The minimum Gasteiger partial charge on any atom is -0.360 e. The van der Waals surface area contributed by atoms with E-state index in [1.165, 1.54) is 0 Å². The average molecular weight is 361 g/mol. The van der Waals surface area contributed by atoms with E-state index < -0.39 is 17.4 Å². The number of nitrogens with one attached hydrogen (secondary N) is 1. The smallest absolute Gasteiger partial charge is 0.230 e. The van der Waals surface area contributed by atoms with Gasteiger partial charge in [0.2, 0.25) is 17.7 Å². The van der Waals surface area contributed by atoms with Gasteiger partial charge in [0, 0.05) is 32.1 Å². The fourth-order valence-electron chi connectivity index (χ4n) is 5.05. The molecule has 3 amide bonds. The third-order valence-corrected chi connectivity index (χ3v) is 6.42. The molecular weight excluding hydrogens is 334 g/mol. The van der Waals surface area contributed by atoms with Crippen molar-refractivity contribution < 1.29 is 19.1 Å². The number of amides is 3. The zero-order chi connectivity index (χ0) is 18.5. The summed E-state index contributed by atoms with van der Waals surface area (Å²) in [7, 11) is 0. The summed E-state index contributed by atoms with van der Waals surface area (Å²) < 4.78 is 6.20. The van der Waals surface area contributed by atoms with Gasteiger partial charge in [-0.15, -0.1) is 0 Å². The van der Waals surface area contributed by atoms with Crippen LogP contribution in [0.3, 0.4) is 0 Å². The summed E-state index contributed by atoms with van der Waals surface area (Å²) in [4.78, 5) is 41.7. The molecule has 0 aromatic rings. The Bertz CT molecular complexity index is 659. The first-order valence-electron chi connectivity index (χ1n) is 9.74. The molecule has 7 heteroatoms. The first-order chi connectivity index (χ1) is 12.5. The van der Waals surface area contributed by atoms with Gasteiger partial charge in [0.25, 0.3) is 0 Å². The summed E-state index contributed by atoms with van der Waals surface area (Å²) in [5, 5.41) is 2.79. The van der Waals surface area contributed by atoms with Crippen LogP contribution < -0.4 is 5.32 Å². The monoisotopic (exact) mass is 361 g/mol. The molecule has 3 saturated heterocycles. The summed E-state index contributed by atoms with van der Waals surface area (Å²) in [6.45, 7) is 6.07. The average Bonchev–Trinajstić information content (AvgIpc) is 3.21. The van der Waals surface area contributed by atoms with Gasteiger partial charge in [0.05, 0.1) is 24.5 Å². The lowest BCUT2D eigenvalue weighted by Crippen LogP contribution is -2.47. The van der Waals surface area contributed by atoms with Gasteiger partial charge in [0.1, 0.15) is 5.60 Å². The Morgan fingerprint density at radius 1 is 1.35 bits per heavy atom. The molecule has 1 N–H and O–H groups in total. The Hall–Kier alpha value is -1.89. The van der Waals surface area contributed by atoms with Gasteiger partial charge in [-0.25, -0.2) is 0 Å². The third-order valence-electron chi connectivity index (χ3n) is 6.42. The fourth-order valence-corrected chi connectivity index (χ4v) is 5.05. The molecule has 4 heterocycles. The Kier molecular flexibility index (Phi) is 4.29. The van der Waals surface area contributed by atoms with Crippen molar-refractivity contribution in [1.29, 1.82) is 0 Å². The van der Waals surface area contributed by atoms with Crippen molar-refractivity contribution >= 4 is 17.7 Å². The van der Waals surface area contributed by atoms with Gasteiger partial charge in [-0.2, -0.15) is 0 Å². The van der Waals surface area contributed by atoms with Crippen LogP contribution in [0, 0.1) is 11.8 Å². The van der Waals surface area contributed by atoms with Crippen molar-refractivity contribution in [1.82, 2.24) is 15.1 Å². The van der Waals surface area contributed by atoms with Gasteiger partial charge in [-0.05, 0) is 12.8 Å².